The minimum absolute atomic E-state index is 0.945. The van der Waals surface area contributed by atoms with E-state index in [1.807, 2.05) is 0 Å². The topological polar surface area (TPSA) is 9.23 Å². The molecule has 1 heteroatoms. The van der Waals surface area contributed by atoms with Crippen molar-refractivity contribution in [2.45, 2.75) is 11.8 Å². The Morgan fingerprint density at radius 2 is 1.44 bits per heavy atom. The Hall–Kier alpha value is -0.980. The van der Waals surface area contributed by atoms with Crippen molar-refractivity contribution in [3.8, 4) is 5.75 Å². The summed E-state index contributed by atoms with van der Waals surface area (Å²) in [6, 6.07) is 6.86. The van der Waals surface area contributed by atoms with E-state index in [4.69, 9.17) is 4.74 Å². The maximum atomic E-state index is 5.38. The van der Waals surface area contributed by atoms with E-state index in [-0.39, 0.29) is 0 Å². The largest absolute Gasteiger partial charge is 0.497 e. The van der Waals surface area contributed by atoms with Crippen molar-refractivity contribution in [2.75, 3.05) is 7.11 Å². The van der Waals surface area contributed by atoms with E-state index >= 15 is 0 Å². The SMILES string of the molecule is COc1ccc2c(c1)C1[C@@H]3C4C5[C@@H](C2[C@@H]53)[C@@H]14. The molecule has 2 bridgehead atoms. The van der Waals surface area contributed by atoms with Crippen molar-refractivity contribution in [1.82, 2.24) is 0 Å². The Labute approximate surface area is 94.8 Å². The molecule has 0 heterocycles. The molecule has 4 unspecified atom stereocenters. The zero-order valence-electron chi connectivity index (χ0n) is 9.26. The molecule has 0 aromatic heterocycles. The zero-order chi connectivity index (χ0) is 10.2. The lowest BCUT2D eigenvalue weighted by Gasteiger charge is -2.93. The van der Waals surface area contributed by atoms with E-state index in [2.05, 4.69) is 18.2 Å². The molecule has 6 aliphatic carbocycles. The second-order valence-corrected chi connectivity index (χ2v) is 6.51. The molecular formula is C15H14O. The first-order valence-electron chi connectivity index (χ1n) is 6.59. The monoisotopic (exact) mass is 210 g/mol. The van der Waals surface area contributed by atoms with Gasteiger partial charge in [0.1, 0.15) is 5.75 Å². The van der Waals surface area contributed by atoms with Crippen molar-refractivity contribution in [2.24, 2.45) is 35.5 Å². The van der Waals surface area contributed by atoms with Crippen LogP contribution in [0.15, 0.2) is 18.2 Å². The van der Waals surface area contributed by atoms with Crippen LogP contribution in [-0.2, 0) is 0 Å². The summed E-state index contributed by atoms with van der Waals surface area (Å²) >= 11 is 0. The summed E-state index contributed by atoms with van der Waals surface area (Å²) in [4.78, 5) is 0. The van der Waals surface area contributed by atoms with E-state index in [0.717, 1.165) is 41.3 Å². The summed E-state index contributed by atoms with van der Waals surface area (Å²) in [5.74, 6) is 9.78. The highest BCUT2D eigenvalue weighted by atomic mass is 16.5. The summed E-state index contributed by atoms with van der Waals surface area (Å²) in [5, 5.41) is 0. The van der Waals surface area contributed by atoms with Gasteiger partial charge in [0.05, 0.1) is 7.11 Å². The van der Waals surface area contributed by atoms with Gasteiger partial charge in [0.2, 0.25) is 0 Å². The second-order valence-electron chi connectivity index (χ2n) is 6.51. The number of benzene rings is 1. The molecule has 80 valence electrons. The van der Waals surface area contributed by atoms with Crippen LogP contribution in [0.1, 0.15) is 23.0 Å². The Bertz CT molecular complexity index is 528. The molecule has 4 saturated carbocycles. The molecule has 1 aromatic carbocycles. The Morgan fingerprint density at radius 3 is 2.06 bits per heavy atom. The summed E-state index contributed by atoms with van der Waals surface area (Å²) in [6.07, 6.45) is 0. The average Bonchev–Trinajstić information content (AvgIpc) is 2.30. The number of rotatable bonds is 1. The molecule has 7 rings (SSSR count). The predicted molar refractivity (Wildman–Crippen MR) is 59.4 cm³/mol. The maximum Gasteiger partial charge on any atom is 0.119 e. The molecule has 16 heavy (non-hydrogen) atoms. The molecule has 0 radical (unpaired) electrons. The molecule has 0 saturated heterocycles. The van der Waals surface area contributed by atoms with Gasteiger partial charge in [-0.05, 0) is 70.6 Å². The number of hydrogen-bond acceptors (Lipinski definition) is 1. The summed E-state index contributed by atoms with van der Waals surface area (Å²) in [7, 11) is 1.78. The van der Waals surface area contributed by atoms with Gasteiger partial charge in [0.15, 0.2) is 0 Å². The maximum absolute atomic E-state index is 5.38. The highest BCUT2D eigenvalue weighted by molar-refractivity contribution is 5.56. The first-order valence-corrected chi connectivity index (χ1v) is 6.59. The Balaban J connectivity index is 1.63. The third kappa shape index (κ3) is 0.432. The summed E-state index contributed by atoms with van der Waals surface area (Å²) in [6.45, 7) is 0. The van der Waals surface area contributed by atoms with Gasteiger partial charge in [-0.25, -0.2) is 0 Å². The van der Waals surface area contributed by atoms with Crippen LogP contribution in [0.3, 0.4) is 0 Å². The van der Waals surface area contributed by atoms with E-state index in [1.165, 1.54) is 11.8 Å². The smallest absolute Gasteiger partial charge is 0.119 e. The van der Waals surface area contributed by atoms with Crippen LogP contribution in [0.4, 0.5) is 0 Å². The fraction of sp³-hybridized carbons (Fsp3) is 0.600. The third-order valence-corrected chi connectivity index (χ3v) is 6.78. The average molecular weight is 210 g/mol. The minimum atomic E-state index is 0.945. The molecule has 0 N–H and O–H groups in total. The Kier molecular flexibility index (Phi) is 0.843. The van der Waals surface area contributed by atoms with Crippen LogP contribution >= 0.6 is 0 Å². The van der Waals surface area contributed by atoms with Crippen molar-refractivity contribution in [3.05, 3.63) is 29.3 Å². The fourth-order valence-electron chi connectivity index (χ4n) is 6.51. The van der Waals surface area contributed by atoms with E-state index in [0.29, 0.717) is 0 Å². The van der Waals surface area contributed by atoms with Gasteiger partial charge < -0.3 is 4.74 Å². The highest BCUT2D eigenvalue weighted by Crippen LogP contribution is 2.94. The molecule has 1 nitrogen and oxygen atoms in total. The molecular weight excluding hydrogens is 196 g/mol. The number of hydrogen-bond donors (Lipinski definition) is 0. The number of methoxy groups -OCH3 is 1. The second kappa shape index (κ2) is 1.83. The van der Waals surface area contributed by atoms with Gasteiger partial charge in [-0.3, -0.25) is 0 Å². The van der Waals surface area contributed by atoms with E-state index in [9.17, 15) is 0 Å². The van der Waals surface area contributed by atoms with Crippen LogP contribution < -0.4 is 4.74 Å². The standard InChI is InChI=1S/C15H14O/c1-16-5-2-3-6-7(4-5)9-12-10-8(6)11-13(9)15(12)14(10)11/h2-4,8-15H,1H3/t8?,9?,10-,11+,12+,13-,14?,15?. The van der Waals surface area contributed by atoms with Crippen LogP contribution in [0, 0.1) is 35.5 Å². The first kappa shape index (κ1) is 7.37. The lowest BCUT2D eigenvalue weighted by atomic mass is 9.11. The normalized spacial score (nSPS) is 59.6. The van der Waals surface area contributed by atoms with Crippen molar-refractivity contribution < 1.29 is 4.74 Å². The molecule has 8 atom stereocenters. The zero-order valence-corrected chi connectivity index (χ0v) is 9.26. The number of ether oxygens (including phenoxy) is 1. The lowest BCUT2D eigenvalue weighted by molar-refractivity contribution is -0.407. The molecule has 1 aromatic rings. The highest BCUT2D eigenvalue weighted by Gasteiger charge is 2.88. The quantitative estimate of drug-likeness (QED) is 0.692. The lowest BCUT2D eigenvalue weighted by Crippen LogP contribution is -2.87. The van der Waals surface area contributed by atoms with E-state index in [1.54, 1.807) is 18.2 Å². The van der Waals surface area contributed by atoms with Crippen LogP contribution in [0.25, 0.3) is 0 Å². The van der Waals surface area contributed by atoms with Gasteiger partial charge in [0.25, 0.3) is 0 Å². The van der Waals surface area contributed by atoms with Crippen molar-refractivity contribution >= 4 is 0 Å². The van der Waals surface area contributed by atoms with Crippen molar-refractivity contribution in [1.29, 1.82) is 0 Å². The van der Waals surface area contributed by atoms with Crippen LogP contribution in [0.5, 0.6) is 5.75 Å². The molecule has 0 aliphatic heterocycles. The van der Waals surface area contributed by atoms with Gasteiger partial charge in [0, 0.05) is 0 Å². The predicted octanol–water partition coefficient (Wildman–Crippen LogP) is 2.63. The van der Waals surface area contributed by atoms with Gasteiger partial charge in [-0.2, -0.15) is 0 Å². The van der Waals surface area contributed by atoms with Gasteiger partial charge in [-0.15, -0.1) is 0 Å². The molecule has 4 fully saturated rings. The molecule has 6 aliphatic rings. The van der Waals surface area contributed by atoms with Crippen LogP contribution in [-0.4, -0.2) is 7.11 Å². The minimum Gasteiger partial charge on any atom is -0.497 e. The summed E-state index contributed by atoms with van der Waals surface area (Å²) < 4.78 is 5.38. The fourth-order valence-corrected chi connectivity index (χ4v) is 6.51. The molecule has 0 amide bonds. The summed E-state index contributed by atoms with van der Waals surface area (Å²) in [5.41, 5.74) is 3.36. The first-order chi connectivity index (χ1) is 7.92. The van der Waals surface area contributed by atoms with E-state index < -0.39 is 0 Å². The molecule has 0 spiro atoms. The van der Waals surface area contributed by atoms with Gasteiger partial charge >= 0.3 is 0 Å². The Morgan fingerprint density at radius 1 is 0.812 bits per heavy atom. The van der Waals surface area contributed by atoms with Crippen LogP contribution in [0.2, 0.25) is 0 Å². The van der Waals surface area contributed by atoms with Crippen molar-refractivity contribution in [3.63, 3.8) is 0 Å². The van der Waals surface area contributed by atoms with Gasteiger partial charge in [-0.1, -0.05) is 6.07 Å². The third-order valence-electron chi connectivity index (χ3n) is 6.78.